The lowest BCUT2D eigenvalue weighted by Gasteiger charge is -2.25. The van der Waals surface area contributed by atoms with Gasteiger partial charge in [-0.1, -0.05) is 60.7 Å². The second-order valence-corrected chi connectivity index (χ2v) is 8.53. The molecule has 196 valence electrons. The summed E-state index contributed by atoms with van der Waals surface area (Å²) >= 11 is 0. The normalized spacial score (nSPS) is 10.7. The molecule has 9 nitrogen and oxygen atoms in total. The van der Waals surface area contributed by atoms with Crippen LogP contribution in [0.1, 0.15) is 24.5 Å². The van der Waals surface area contributed by atoms with Crippen LogP contribution < -0.4 is 31.4 Å². The fourth-order valence-corrected chi connectivity index (χ4v) is 4.01. The Morgan fingerprint density at radius 2 is 1.45 bits per heavy atom. The van der Waals surface area contributed by atoms with Crippen LogP contribution in [0.15, 0.2) is 94.5 Å². The monoisotopic (exact) mass is 514 g/mol. The van der Waals surface area contributed by atoms with Crippen molar-refractivity contribution in [1.82, 2.24) is 9.55 Å². The fraction of sp³-hybridized carbons (Fsp3) is 0.207. The Morgan fingerprint density at radius 3 is 2.05 bits per heavy atom. The molecule has 0 saturated carbocycles. The number of H-pyrrole nitrogens is 1. The molecule has 4 aromatic rings. The van der Waals surface area contributed by atoms with Crippen molar-refractivity contribution in [2.24, 2.45) is 0 Å². The molecule has 0 unspecified atom stereocenters. The van der Waals surface area contributed by atoms with Crippen LogP contribution in [0.2, 0.25) is 0 Å². The Labute approximate surface area is 220 Å². The smallest absolute Gasteiger partial charge is 0.330 e. The third-order valence-electron chi connectivity index (χ3n) is 5.87. The van der Waals surface area contributed by atoms with Gasteiger partial charge in [0.25, 0.3) is 5.56 Å². The summed E-state index contributed by atoms with van der Waals surface area (Å²) in [7, 11) is 0. The number of aromatic nitrogens is 2. The van der Waals surface area contributed by atoms with E-state index in [4.69, 9.17) is 15.2 Å². The lowest BCUT2D eigenvalue weighted by Crippen LogP contribution is -2.41. The predicted octanol–water partition coefficient (Wildman–Crippen LogP) is 3.57. The number of benzene rings is 3. The van der Waals surface area contributed by atoms with E-state index in [2.05, 4.69) is 4.98 Å². The average Bonchev–Trinajstić information content (AvgIpc) is 2.92. The molecule has 0 radical (unpaired) electrons. The number of amides is 1. The third kappa shape index (κ3) is 6.50. The summed E-state index contributed by atoms with van der Waals surface area (Å²) in [5, 5.41) is 0. The Morgan fingerprint density at radius 1 is 0.868 bits per heavy atom. The number of nitrogens with two attached hydrogens (primary N) is 1. The summed E-state index contributed by atoms with van der Waals surface area (Å²) in [6.07, 6.45) is -0.0171. The number of carbonyl (C=O) groups excluding carboxylic acids is 1. The minimum absolute atomic E-state index is 0.0171. The third-order valence-corrected chi connectivity index (χ3v) is 5.87. The zero-order chi connectivity index (χ0) is 26.9. The molecule has 3 N–H and O–H groups in total. The van der Waals surface area contributed by atoms with Crippen molar-refractivity contribution in [3.8, 4) is 11.5 Å². The first-order chi connectivity index (χ1) is 18.5. The van der Waals surface area contributed by atoms with E-state index in [0.717, 1.165) is 16.9 Å². The van der Waals surface area contributed by atoms with Crippen molar-refractivity contribution in [3.05, 3.63) is 117 Å². The van der Waals surface area contributed by atoms with Gasteiger partial charge in [0, 0.05) is 0 Å². The van der Waals surface area contributed by atoms with Crippen LogP contribution in [0.25, 0.3) is 0 Å². The molecule has 9 heteroatoms. The largest absolute Gasteiger partial charge is 0.494 e. The van der Waals surface area contributed by atoms with Crippen LogP contribution in [0.3, 0.4) is 0 Å². The number of nitrogen functional groups attached to an aromatic ring is 1. The van der Waals surface area contributed by atoms with Gasteiger partial charge in [0.2, 0.25) is 5.91 Å². The van der Waals surface area contributed by atoms with E-state index in [1.807, 2.05) is 67.6 Å². The molecule has 1 heterocycles. The highest BCUT2D eigenvalue weighted by molar-refractivity contribution is 5.95. The number of aromatic amines is 1. The summed E-state index contributed by atoms with van der Waals surface area (Å²) < 4.78 is 12.4. The Balaban J connectivity index is 1.60. The van der Waals surface area contributed by atoms with Crippen molar-refractivity contribution in [3.63, 3.8) is 0 Å². The Bertz CT molecular complexity index is 1470. The second kappa shape index (κ2) is 12.4. The number of hydrogen-bond donors (Lipinski definition) is 2. The molecule has 0 aliphatic rings. The van der Waals surface area contributed by atoms with Crippen LogP contribution in [0.4, 0.5) is 11.5 Å². The molecule has 4 rings (SSSR count). The average molecular weight is 515 g/mol. The van der Waals surface area contributed by atoms with E-state index in [9.17, 15) is 14.4 Å². The predicted molar refractivity (Wildman–Crippen MR) is 147 cm³/mol. The molecule has 0 atom stereocenters. The minimum atomic E-state index is -0.728. The second-order valence-electron chi connectivity index (χ2n) is 8.53. The topological polar surface area (TPSA) is 120 Å². The number of carbonyl (C=O) groups is 1. The zero-order valence-electron chi connectivity index (χ0n) is 21.1. The molecule has 0 aliphatic carbocycles. The summed E-state index contributed by atoms with van der Waals surface area (Å²) in [5.74, 6) is 0.858. The maximum Gasteiger partial charge on any atom is 0.330 e. The molecule has 0 bridgehead atoms. The summed E-state index contributed by atoms with van der Waals surface area (Å²) in [6.45, 7) is 2.79. The van der Waals surface area contributed by atoms with Crippen molar-refractivity contribution in [2.45, 2.75) is 26.4 Å². The number of rotatable bonds is 11. The summed E-state index contributed by atoms with van der Waals surface area (Å²) in [4.78, 5) is 42.8. The van der Waals surface area contributed by atoms with Gasteiger partial charge in [-0.05, 0) is 42.3 Å². The van der Waals surface area contributed by atoms with Crippen molar-refractivity contribution < 1.29 is 14.3 Å². The number of ether oxygens (including phenoxy) is 2. The van der Waals surface area contributed by atoms with Gasteiger partial charge in [0.15, 0.2) is 5.69 Å². The molecule has 0 fully saturated rings. The van der Waals surface area contributed by atoms with Crippen LogP contribution in [-0.4, -0.2) is 28.7 Å². The highest BCUT2D eigenvalue weighted by atomic mass is 16.5. The van der Waals surface area contributed by atoms with Gasteiger partial charge in [-0.25, -0.2) is 4.79 Å². The van der Waals surface area contributed by atoms with E-state index < -0.39 is 11.2 Å². The first-order valence-corrected chi connectivity index (χ1v) is 12.3. The quantitative estimate of drug-likeness (QED) is 0.316. The Hall–Kier alpha value is -4.79. The van der Waals surface area contributed by atoms with Crippen LogP contribution in [0, 0.1) is 0 Å². The molecular weight excluding hydrogens is 484 g/mol. The zero-order valence-corrected chi connectivity index (χ0v) is 21.1. The fourth-order valence-electron chi connectivity index (χ4n) is 4.01. The number of hydrogen-bond acceptors (Lipinski definition) is 6. The van der Waals surface area contributed by atoms with Gasteiger partial charge in [-0.2, -0.15) is 0 Å². The summed E-state index contributed by atoms with van der Waals surface area (Å²) in [5.41, 5.74) is 6.56. The Kier molecular flexibility index (Phi) is 8.61. The van der Waals surface area contributed by atoms with Gasteiger partial charge in [0.1, 0.15) is 17.3 Å². The van der Waals surface area contributed by atoms with E-state index in [0.29, 0.717) is 12.4 Å². The van der Waals surface area contributed by atoms with Crippen molar-refractivity contribution >= 4 is 17.4 Å². The van der Waals surface area contributed by atoms with E-state index >= 15 is 0 Å². The van der Waals surface area contributed by atoms with E-state index in [1.165, 1.54) is 9.47 Å². The molecule has 38 heavy (non-hydrogen) atoms. The van der Waals surface area contributed by atoms with Gasteiger partial charge < -0.3 is 15.2 Å². The highest BCUT2D eigenvalue weighted by Gasteiger charge is 2.24. The maximum absolute atomic E-state index is 13.5. The standard InChI is InChI=1S/C29H30N4O5/c1-2-37-23-13-15-24(16-14-23)38-18-17-25(34)32(19-21-9-5-3-6-10-21)26-27(30)33(29(36)31-28(26)35)20-22-11-7-4-8-12-22/h3-16H,2,17-20,30H2,1H3,(H,31,35,36). The molecule has 0 aliphatic heterocycles. The van der Waals surface area contributed by atoms with Crippen molar-refractivity contribution in [1.29, 1.82) is 0 Å². The number of anilines is 2. The number of nitrogens with one attached hydrogen (secondary N) is 1. The first kappa shape index (κ1) is 26.3. The van der Waals surface area contributed by atoms with Crippen LogP contribution >= 0.6 is 0 Å². The van der Waals surface area contributed by atoms with Crippen molar-refractivity contribution in [2.75, 3.05) is 23.8 Å². The molecule has 0 spiro atoms. The molecule has 1 amide bonds. The van der Waals surface area contributed by atoms with Gasteiger partial charge in [-0.15, -0.1) is 0 Å². The van der Waals surface area contributed by atoms with Gasteiger partial charge in [-0.3, -0.25) is 24.0 Å². The lowest BCUT2D eigenvalue weighted by atomic mass is 10.2. The SMILES string of the molecule is CCOc1ccc(OCCC(=O)N(Cc2ccccc2)c2c(N)n(Cc3ccccc3)c(=O)[nH]c2=O)cc1. The van der Waals surface area contributed by atoms with Gasteiger partial charge in [0.05, 0.1) is 32.7 Å². The first-order valence-electron chi connectivity index (χ1n) is 12.3. The molecular formula is C29H30N4O5. The summed E-state index contributed by atoms with van der Waals surface area (Å²) in [6, 6.07) is 25.6. The minimum Gasteiger partial charge on any atom is -0.494 e. The van der Waals surface area contributed by atoms with E-state index in [-0.39, 0.29) is 43.5 Å². The van der Waals surface area contributed by atoms with Gasteiger partial charge >= 0.3 is 5.69 Å². The van der Waals surface area contributed by atoms with E-state index in [1.54, 1.807) is 24.3 Å². The lowest BCUT2D eigenvalue weighted by molar-refractivity contribution is -0.119. The highest BCUT2D eigenvalue weighted by Crippen LogP contribution is 2.22. The maximum atomic E-state index is 13.5. The van der Waals surface area contributed by atoms with Crippen LogP contribution in [-0.2, 0) is 17.9 Å². The molecule has 3 aromatic carbocycles. The number of nitrogens with zero attached hydrogens (tertiary/aromatic N) is 2. The molecule has 0 saturated heterocycles. The van der Waals surface area contributed by atoms with Crippen LogP contribution in [0.5, 0.6) is 11.5 Å². The molecule has 1 aromatic heterocycles.